The third kappa shape index (κ3) is 5.94. The molecule has 0 amide bonds. The highest BCUT2D eigenvalue weighted by Crippen LogP contribution is 2.20. The van der Waals surface area contributed by atoms with Crippen LogP contribution < -0.4 is 5.32 Å². The summed E-state index contributed by atoms with van der Waals surface area (Å²) in [5, 5.41) is 3.53. The predicted octanol–water partition coefficient (Wildman–Crippen LogP) is 4.03. The number of hydrogen-bond donors (Lipinski definition) is 1. The van der Waals surface area contributed by atoms with Crippen LogP contribution in [0.5, 0.6) is 0 Å². The second kappa shape index (κ2) is 8.37. The maximum Gasteiger partial charge on any atom is 0.0164 e. The molecular weight excluding hydrogens is 226 g/mol. The lowest BCUT2D eigenvalue weighted by Gasteiger charge is -2.16. The Labute approximate surface area is 110 Å². The van der Waals surface area contributed by atoms with Crippen LogP contribution in [0, 0.1) is 6.92 Å². The van der Waals surface area contributed by atoms with Crippen molar-refractivity contribution in [3.63, 3.8) is 0 Å². The van der Waals surface area contributed by atoms with Crippen LogP contribution in [0.1, 0.15) is 25.3 Å². The number of hydrogen-bond acceptors (Lipinski definition) is 2. The molecule has 0 aliphatic carbocycles. The molecule has 0 radical (unpaired) electrons. The second-order valence-electron chi connectivity index (χ2n) is 4.24. The summed E-state index contributed by atoms with van der Waals surface area (Å²) in [5.74, 6) is 1.13. The Balaban J connectivity index is 2.39. The molecular formula is C15H23NS. The fraction of sp³-hybridized carbons (Fsp3) is 0.467. The van der Waals surface area contributed by atoms with Crippen molar-refractivity contribution in [2.24, 2.45) is 0 Å². The maximum absolute atomic E-state index is 3.79. The van der Waals surface area contributed by atoms with Crippen molar-refractivity contribution >= 4 is 11.8 Å². The zero-order valence-electron chi connectivity index (χ0n) is 10.9. The van der Waals surface area contributed by atoms with Crippen LogP contribution in [0.3, 0.4) is 0 Å². The molecule has 0 spiro atoms. The van der Waals surface area contributed by atoms with Crippen LogP contribution in [-0.4, -0.2) is 18.3 Å². The summed E-state index contributed by atoms with van der Waals surface area (Å²) in [5.41, 5.74) is 1.32. The standard InChI is InChI=1S/C15H23NS/c1-4-6-7-14(16-5-2)12-17-15-10-8-13(3)9-11-15/h4,8-11,14,16H,1,5-7,12H2,2-3H3. The van der Waals surface area contributed by atoms with Crippen LogP contribution in [0.2, 0.25) is 0 Å². The van der Waals surface area contributed by atoms with Crippen molar-refractivity contribution in [1.82, 2.24) is 5.32 Å². The summed E-state index contributed by atoms with van der Waals surface area (Å²) >= 11 is 1.93. The van der Waals surface area contributed by atoms with Gasteiger partial charge in [-0.2, -0.15) is 0 Å². The molecule has 2 heteroatoms. The summed E-state index contributed by atoms with van der Waals surface area (Å²) in [6.07, 6.45) is 4.27. The fourth-order valence-electron chi connectivity index (χ4n) is 1.68. The monoisotopic (exact) mass is 249 g/mol. The van der Waals surface area contributed by atoms with E-state index in [1.807, 2.05) is 17.8 Å². The third-order valence-corrected chi connectivity index (χ3v) is 3.86. The normalized spacial score (nSPS) is 12.4. The lowest BCUT2D eigenvalue weighted by molar-refractivity contribution is 0.542. The fourth-order valence-corrected chi connectivity index (χ4v) is 2.69. The summed E-state index contributed by atoms with van der Waals surface area (Å²) < 4.78 is 0. The van der Waals surface area contributed by atoms with Gasteiger partial charge in [-0.05, 0) is 38.4 Å². The lowest BCUT2D eigenvalue weighted by Crippen LogP contribution is -2.30. The highest BCUT2D eigenvalue weighted by Gasteiger charge is 2.06. The van der Waals surface area contributed by atoms with Gasteiger partial charge in [0, 0.05) is 16.7 Å². The van der Waals surface area contributed by atoms with E-state index >= 15 is 0 Å². The van der Waals surface area contributed by atoms with Gasteiger partial charge in [-0.15, -0.1) is 18.3 Å². The Morgan fingerprint density at radius 2 is 2.06 bits per heavy atom. The van der Waals surface area contributed by atoms with E-state index in [2.05, 4.69) is 50.0 Å². The average molecular weight is 249 g/mol. The summed E-state index contributed by atoms with van der Waals surface area (Å²) in [6, 6.07) is 9.35. The molecule has 0 saturated carbocycles. The zero-order chi connectivity index (χ0) is 12.5. The summed E-state index contributed by atoms with van der Waals surface area (Å²) in [4.78, 5) is 1.36. The van der Waals surface area contributed by atoms with Crippen molar-refractivity contribution in [2.45, 2.75) is 37.6 Å². The molecule has 1 nitrogen and oxygen atoms in total. The highest BCUT2D eigenvalue weighted by atomic mass is 32.2. The SMILES string of the molecule is C=CCCC(CSc1ccc(C)cc1)NCC. The van der Waals surface area contributed by atoms with Gasteiger partial charge in [-0.1, -0.05) is 30.7 Å². The Hall–Kier alpha value is -0.730. The molecule has 0 aliphatic heterocycles. The molecule has 0 bridgehead atoms. The minimum atomic E-state index is 0.587. The van der Waals surface area contributed by atoms with Crippen LogP contribution in [0.15, 0.2) is 41.8 Å². The molecule has 1 atom stereocenters. The topological polar surface area (TPSA) is 12.0 Å². The predicted molar refractivity (Wildman–Crippen MR) is 78.8 cm³/mol. The van der Waals surface area contributed by atoms with Crippen molar-refractivity contribution < 1.29 is 0 Å². The number of nitrogens with one attached hydrogen (secondary N) is 1. The third-order valence-electron chi connectivity index (χ3n) is 2.68. The minimum absolute atomic E-state index is 0.587. The van der Waals surface area contributed by atoms with Gasteiger partial charge >= 0.3 is 0 Å². The molecule has 1 N–H and O–H groups in total. The van der Waals surface area contributed by atoms with Crippen LogP contribution in [0.4, 0.5) is 0 Å². The van der Waals surface area contributed by atoms with Gasteiger partial charge < -0.3 is 5.32 Å². The molecule has 1 rings (SSSR count). The van der Waals surface area contributed by atoms with E-state index in [1.54, 1.807) is 0 Å². The van der Waals surface area contributed by atoms with E-state index in [0.717, 1.165) is 18.7 Å². The van der Waals surface area contributed by atoms with Crippen LogP contribution >= 0.6 is 11.8 Å². The number of aryl methyl sites for hydroxylation is 1. The minimum Gasteiger partial charge on any atom is -0.313 e. The van der Waals surface area contributed by atoms with E-state index in [4.69, 9.17) is 0 Å². The molecule has 0 fully saturated rings. The maximum atomic E-state index is 3.79. The van der Waals surface area contributed by atoms with E-state index in [1.165, 1.54) is 16.9 Å². The first-order chi connectivity index (χ1) is 8.26. The molecule has 1 aromatic carbocycles. The van der Waals surface area contributed by atoms with Crippen molar-refractivity contribution in [3.8, 4) is 0 Å². The molecule has 0 aliphatic rings. The molecule has 94 valence electrons. The van der Waals surface area contributed by atoms with E-state index in [0.29, 0.717) is 6.04 Å². The van der Waals surface area contributed by atoms with Gasteiger partial charge in [0.25, 0.3) is 0 Å². The number of rotatable bonds is 8. The van der Waals surface area contributed by atoms with Crippen molar-refractivity contribution in [3.05, 3.63) is 42.5 Å². The largest absolute Gasteiger partial charge is 0.313 e. The molecule has 1 aromatic rings. The number of thioether (sulfide) groups is 1. The van der Waals surface area contributed by atoms with Gasteiger partial charge in [-0.25, -0.2) is 0 Å². The first-order valence-electron chi connectivity index (χ1n) is 6.30. The van der Waals surface area contributed by atoms with Gasteiger partial charge in [0.05, 0.1) is 0 Å². The van der Waals surface area contributed by atoms with E-state index in [9.17, 15) is 0 Å². The van der Waals surface area contributed by atoms with Gasteiger partial charge in [-0.3, -0.25) is 0 Å². The lowest BCUT2D eigenvalue weighted by atomic mass is 10.2. The first-order valence-corrected chi connectivity index (χ1v) is 7.28. The Morgan fingerprint density at radius 1 is 1.35 bits per heavy atom. The molecule has 17 heavy (non-hydrogen) atoms. The smallest absolute Gasteiger partial charge is 0.0164 e. The highest BCUT2D eigenvalue weighted by molar-refractivity contribution is 7.99. The van der Waals surface area contributed by atoms with Crippen LogP contribution in [0.25, 0.3) is 0 Å². The van der Waals surface area contributed by atoms with E-state index < -0.39 is 0 Å². The molecule has 0 saturated heterocycles. The van der Waals surface area contributed by atoms with E-state index in [-0.39, 0.29) is 0 Å². The Kier molecular flexibility index (Phi) is 7.06. The summed E-state index contributed by atoms with van der Waals surface area (Å²) in [6.45, 7) is 9.11. The zero-order valence-corrected chi connectivity index (χ0v) is 11.7. The number of benzene rings is 1. The second-order valence-corrected chi connectivity index (χ2v) is 5.34. The van der Waals surface area contributed by atoms with Gasteiger partial charge in [0.2, 0.25) is 0 Å². The average Bonchev–Trinajstić information content (AvgIpc) is 2.35. The summed E-state index contributed by atoms with van der Waals surface area (Å²) in [7, 11) is 0. The van der Waals surface area contributed by atoms with Gasteiger partial charge in [0.15, 0.2) is 0 Å². The van der Waals surface area contributed by atoms with Crippen molar-refractivity contribution in [2.75, 3.05) is 12.3 Å². The Bertz CT molecular complexity index is 318. The number of allylic oxidation sites excluding steroid dienone is 1. The molecule has 0 aromatic heterocycles. The Morgan fingerprint density at radius 3 is 2.65 bits per heavy atom. The molecule has 1 unspecified atom stereocenters. The van der Waals surface area contributed by atoms with Crippen molar-refractivity contribution in [1.29, 1.82) is 0 Å². The van der Waals surface area contributed by atoms with Gasteiger partial charge in [0.1, 0.15) is 0 Å². The quantitative estimate of drug-likeness (QED) is 0.551. The first kappa shape index (κ1) is 14.3. The van der Waals surface area contributed by atoms with Crippen LogP contribution in [-0.2, 0) is 0 Å². The molecule has 0 heterocycles.